The molecular formula is C19H15N3O6. The Labute approximate surface area is 159 Å². The summed E-state index contributed by atoms with van der Waals surface area (Å²) in [5, 5.41) is 13.0. The second kappa shape index (κ2) is 7.31. The lowest BCUT2D eigenvalue weighted by atomic mass is 10.1. The van der Waals surface area contributed by atoms with Crippen molar-refractivity contribution in [2.24, 2.45) is 0 Å². The molecule has 2 heterocycles. The quantitative estimate of drug-likeness (QED) is 0.279. The number of carbonyl (C=O) groups excluding carboxylic acids is 3. The zero-order chi connectivity index (χ0) is 20.4. The molecule has 0 atom stereocenters. The van der Waals surface area contributed by atoms with Crippen LogP contribution in [0.25, 0.3) is 17.4 Å². The molecule has 0 saturated carbocycles. The van der Waals surface area contributed by atoms with E-state index in [9.17, 15) is 24.5 Å². The molecule has 142 valence electrons. The molecule has 1 aromatic carbocycles. The van der Waals surface area contributed by atoms with Gasteiger partial charge in [-0.15, -0.1) is 6.58 Å². The topological polar surface area (TPSA) is 123 Å². The van der Waals surface area contributed by atoms with Crippen molar-refractivity contribution in [3.63, 3.8) is 0 Å². The van der Waals surface area contributed by atoms with Gasteiger partial charge in [0.25, 0.3) is 17.5 Å². The summed E-state index contributed by atoms with van der Waals surface area (Å²) in [6.45, 7) is 5.05. The number of nitrogens with one attached hydrogen (secondary N) is 1. The molecule has 28 heavy (non-hydrogen) atoms. The summed E-state index contributed by atoms with van der Waals surface area (Å²) in [6, 6.07) is 6.88. The minimum atomic E-state index is -0.820. The molecule has 1 aliphatic rings. The number of aryl methyl sites for hydroxylation is 1. The van der Waals surface area contributed by atoms with Gasteiger partial charge in [0.15, 0.2) is 0 Å². The van der Waals surface area contributed by atoms with Crippen molar-refractivity contribution in [2.45, 2.75) is 6.92 Å². The van der Waals surface area contributed by atoms with Gasteiger partial charge in [-0.2, -0.15) is 0 Å². The average molecular weight is 381 g/mol. The van der Waals surface area contributed by atoms with Crippen LogP contribution in [-0.2, 0) is 9.59 Å². The normalized spacial score (nSPS) is 15.7. The maximum absolute atomic E-state index is 12.4. The van der Waals surface area contributed by atoms with Crippen LogP contribution in [0.3, 0.4) is 0 Å². The van der Waals surface area contributed by atoms with E-state index in [1.165, 1.54) is 18.2 Å². The van der Waals surface area contributed by atoms with Crippen LogP contribution < -0.4 is 5.32 Å². The predicted molar refractivity (Wildman–Crippen MR) is 99.0 cm³/mol. The van der Waals surface area contributed by atoms with Crippen molar-refractivity contribution in [1.29, 1.82) is 0 Å². The molecule has 1 aliphatic heterocycles. The fourth-order valence-electron chi connectivity index (χ4n) is 2.73. The van der Waals surface area contributed by atoms with Gasteiger partial charge >= 0.3 is 6.03 Å². The number of hydrogen-bond donors (Lipinski definition) is 1. The summed E-state index contributed by atoms with van der Waals surface area (Å²) in [5.74, 6) is -0.942. The van der Waals surface area contributed by atoms with Crippen LogP contribution in [0, 0.1) is 17.0 Å². The minimum absolute atomic E-state index is 0.00546. The first kappa shape index (κ1) is 18.8. The van der Waals surface area contributed by atoms with Crippen LogP contribution >= 0.6 is 0 Å². The third-order valence-corrected chi connectivity index (χ3v) is 4.09. The lowest BCUT2D eigenvalue weighted by Crippen LogP contribution is -2.54. The van der Waals surface area contributed by atoms with E-state index in [2.05, 4.69) is 11.9 Å². The van der Waals surface area contributed by atoms with E-state index in [0.29, 0.717) is 16.9 Å². The SMILES string of the molecule is C=CCN1C(=O)NC(=O)/C(=C/c2ccc(-c3ccc([N+](=O)[O-])c(C)c3)o2)C1=O. The van der Waals surface area contributed by atoms with E-state index in [-0.39, 0.29) is 23.6 Å². The summed E-state index contributed by atoms with van der Waals surface area (Å²) >= 11 is 0. The Morgan fingerprint density at radius 1 is 1.25 bits per heavy atom. The van der Waals surface area contributed by atoms with Crippen LogP contribution in [-0.4, -0.2) is 34.2 Å². The molecule has 9 heteroatoms. The van der Waals surface area contributed by atoms with Crippen molar-refractivity contribution in [3.05, 3.63) is 70.0 Å². The Morgan fingerprint density at radius 2 is 2.00 bits per heavy atom. The number of barbiturate groups is 1. The highest BCUT2D eigenvalue weighted by Crippen LogP contribution is 2.28. The number of urea groups is 1. The number of carbonyl (C=O) groups is 3. The van der Waals surface area contributed by atoms with Gasteiger partial charge in [-0.1, -0.05) is 6.08 Å². The highest BCUT2D eigenvalue weighted by atomic mass is 16.6. The molecule has 0 radical (unpaired) electrons. The first-order chi connectivity index (χ1) is 13.3. The minimum Gasteiger partial charge on any atom is -0.457 e. The fourth-order valence-corrected chi connectivity index (χ4v) is 2.73. The zero-order valence-electron chi connectivity index (χ0n) is 14.8. The number of benzene rings is 1. The summed E-state index contributed by atoms with van der Waals surface area (Å²) in [7, 11) is 0. The molecule has 3 rings (SSSR count). The number of hydrogen-bond acceptors (Lipinski definition) is 6. The molecule has 0 aliphatic carbocycles. The van der Waals surface area contributed by atoms with E-state index in [1.807, 2.05) is 0 Å². The second-order valence-corrected chi connectivity index (χ2v) is 5.98. The van der Waals surface area contributed by atoms with Crippen LogP contribution in [0.1, 0.15) is 11.3 Å². The van der Waals surface area contributed by atoms with Gasteiger partial charge in [0.2, 0.25) is 0 Å². The zero-order valence-corrected chi connectivity index (χ0v) is 14.8. The Kier molecular flexibility index (Phi) is 4.90. The van der Waals surface area contributed by atoms with Crippen LogP contribution in [0.4, 0.5) is 10.5 Å². The van der Waals surface area contributed by atoms with Crippen LogP contribution in [0.2, 0.25) is 0 Å². The van der Waals surface area contributed by atoms with Crippen molar-refractivity contribution >= 4 is 29.6 Å². The fraction of sp³-hybridized carbons (Fsp3) is 0.105. The molecule has 1 saturated heterocycles. The number of nitro benzene ring substituents is 1. The first-order valence-corrected chi connectivity index (χ1v) is 8.17. The first-order valence-electron chi connectivity index (χ1n) is 8.17. The molecule has 1 fully saturated rings. The van der Waals surface area contributed by atoms with E-state index in [0.717, 1.165) is 4.90 Å². The van der Waals surface area contributed by atoms with Gasteiger partial charge in [0.1, 0.15) is 17.1 Å². The van der Waals surface area contributed by atoms with Crippen LogP contribution in [0.15, 0.2) is 53.0 Å². The molecule has 0 bridgehead atoms. The lowest BCUT2D eigenvalue weighted by molar-refractivity contribution is -0.385. The number of nitrogens with zero attached hydrogens (tertiary/aromatic N) is 2. The highest BCUT2D eigenvalue weighted by Gasteiger charge is 2.35. The maximum Gasteiger partial charge on any atom is 0.331 e. The van der Waals surface area contributed by atoms with Gasteiger partial charge < -0.3 is 4.42 Å². The smallest absolute Gasteiger partial charge is 0.331 e. The number of furan rings is 1. The number of amides is 4. The largest absolute Gasteiger partial charge is 0.457 e. The molecule has 0 unspecified atom stereocenters. The summed E-state index contributed by atoms with van der Waals surface area (Å²) in [5.41, 5.74) is 0.825. The Hall–Kier alpha value is -4.01. The lowest BCUT2D eigenvalue weighted by Gasteiger charge is -2.24. The molecular weight excluding hydrogens is 366 g/mol. The van der Waals surface area contributed by atoms with Gasteiger partial charge in [0, 0.05) is 23.7 Å². The Morgan fingerprint density at radius 3 is 2.64 bits per heavy atom. The van der Waals surface area contributed by atoms with Crippen molar-refractivity contribution in [1.82, 2.24) is 10.2 Å². The molecule has 1 N–H and O–H groups in total. The number of nitro groups is 1. The van der Waals surface area contributed by atoms with Gasteiger partial charge in [-0.05, 0) is 37.3 Å². The number of imide groups is 2. The van der Waals surface area contributed by atoms with E-state index in [1.54, 1.807) is 31.2 Å². The number of rotatable bonds is 5. The Bertz CT molecular complexity index is 1050. The summed E-state index contributed by atoms with van der Waals surface area (Å²) in [6.07, 6.45) is 2.61. The van der Waals surface area contributed by atoms with Gasteiger partial charge in [-0.25, -0.2) is 4.79 Å². The Balaban J connectivity index is 1.91. The van der Waals surface area contributed by atoms with Crippen molar-refractivity contribution in [3.8, 4) is 11.3 Å². The molecule has 4 amide bonds. The third-order valence-electron chi connectivity index (χ3n) is 4.09. The maximum atomic E-state index is 12.4. The predicted octanol–water partition coefficient (Wildman–Crippen LogP) is 2.81. The monoisotopic (exact) mass is 381 g/mol. The standard InChI is InChI=1S/C19H15N3O6/c1-3-8-21-18(24)14(17(23)20-19(21)25)10-13-5-7-16(28-13)12-4-6-15(22(26)27)11(2)9-12/h3-7,9-10H,1,8H2,2H3,(H,20,23,25)/b14-10-. The van der Waals surface area contributed by atoms with Crippen molar-refractivity contribution < 1.29 is 23.7 Å². The molecule has 2 aromatic rings. The highest BCUT2D eigenvalue weighted by molar-refractivity contribution is 6.30. The van der Waals surface area contributed by atoms with Gasteiger partial charge in [0.05, 0.1) is 4.92 Å². The van der Waals surface area contributed by atoms with Gasteiger partial charge in [-0.3, -0.25) is 29.9 Å². The van der Waals surface area contributed by atoms with E-state index in [4.69, 9.17) is 4.42 Å². The summed E-state index contributed by atoms with van der Waals surface area (Å²) < 4.78 is 5.64. The average Bonchev–Trinajstić information content (AvgIpc) is 3.10. The molecule has 0 spiro atoms. The van der Waals surface area contributed by atoms with Crippen LogP contribution in [0.5, 0.6) is 0 Å². The van der Waals surface area contributed by atoms with E-state index < -0.39 is 22.8 Å². The van der Waals surface area contributed by atoms with Crippen molar-refractivity contribution in [2.75, 3.05) is 6.54 Å². The second-order valence-electron chi connectivity index (χ2n) is 5.98. The molecule has 9 nitrogen and oxygen atoms in total. The summed E-state index contributed by atoms with van der Waals surface area (Å²) in [4.78, 5) is 47.4. The van der Waals surface area contributed by atoms with E-state index >= 15 is 0 Å². The third kappa shape index (κ3) is 3.45. The molecule has 1 aromatic heterocycles.